The van der Waals surface area contributed by atoms with Crippen LogP contribution in [0.1, 0.15) is 23.3 Å². The van der Waals surface area contributed by atoms with E-state index in [4.69, 9.17) is 9.57 Å². The molecule has 0 bridgehead atoms. The van der Waals surface area contributed by atoms with Gasteiger partial charge in [0, 0.05) is 24.8 Å². The first kappa shape index (κ1) is 12.1. The first-order chi connectivity index (χ1) is 9.33. The van der Waals surface area contributed by atoms with Crippen LogP contribution in [0.4, 0.5) is 0 Å². The molecule has 0 unspecified atom stereocenters. The van der Waals surface area contributed by atoms with Crippen molar-refractivity contribution in [3.05, 3.63) is 30.1 Å². The first-order valence-corrected chi connectivity index (χ1v) is 6.31. The van der Waals surface area contributed by atoms with Crippen molar-refractivity contribution in [1.82, 2.24) is 15.4 Å². The quantitative estimate of drug-likeness (QED) is 0.819. The fraction of sp³-hybridized carbons (Fsp3) is 0.385. The van der Waals surface area contributed by atoms with E-state index < -0.39 is 0 Å². The van der Waals surface area contributed by atoms with Gasteiger partial charge in [-0.2, -0.15) is 0 Å². The highest BCUT2D eigenvalue weighted by Crippen LogP contribution is 2.11. The number of hydrogen-bond donors (Lipinski definition) is 2. The van der Waals surface area contributed by atoms with E-state index in [1.54, 1.807) is 12.3 Å². The third kappa shape index (κ3) is 2.74. The van der Waals surface area contributed by atoms with Crippen molar-refractivity contribution < 1.29 is 14.4 Å². The molecule has 19 heavy (non-hydrogen) atoms. The number of rotatable bonds is 3. The van der Waals surface area contributed by atoms with Crippen LogP contribution in [-0.4, -0.2) is 35.2 Å². The van der Waals surface area contributed by atoms with Crippen molar-refractivity contribution in [2.75, 3.05) is 13.2 Å². The van der Waals surface area contributed by atoms with Crippen LogP contribution in [0.3, 0.4) is 0 Å². The summed E-state index contributed by atoms with van der Waals surface area (Å²) in [5, 5.41) is 0.974. The van der Waals surface area contributed by atoms with Gasteiger partial charge in [0.25, 0.3) is 5.91 Å². The van der Waals surface area contributed by atoms with E-state index in [0.717, 1.165) is 18.2 Å². The van der Waals surface area contributed by atoms with Crippen LogP contribution in [0.15, 0.2) is 24.4 Å². The van der Waals surface area contributed by atoms with Gasteiger partial charge in [-0.3, -0.25) is 9.63 Å². The Morgan fingerprint density at radius 3 is 3.05 bits per heavy atom. The maximum atomic E-state index is 11.9. The van der Waals surface area contributed by atoms with Crippen molar-refractivity contribution in [2.24, 2.45) is 0 Å². The molecule has 6 heteroatoms. The molecule has 1 amide bonds. The molecule has 0 saturated carbocycles. The molecule has 6 nitrogen and oxygen atoms in total. The molecule has 0 atom stereocenters. The number of pyridine rings is 1. The minimum absolute atomic E-state index is 0.0203. The lowest BCUT2D eigenvalue weighted by atomic mass is 10.2. The zero-order valence-corrected chi connectivity index (χ0v) is 10.4. The number of nitrogens with zero attached hydrogens (tertiary/aromatic N) is 1. The second-order valence-corrected chi connectivity index (χ2v) is 4.47. The Hall–Kier alpha value is -1.92. The molecule has 1 saturated heterocycles. The number of aromatic nitrogens is 2. The van der Waals surface area contributed by atoms with Gasteiger partial charge in [-0.25, -0.2) is 10.5 Å². The van der Waals surface area contributed by atoms with Crippen molar-refractivity contribution in [1.29, 1.82) is 0 Å². The molecular formula is C13H15N3O3. The van der Waals surface area contributed by atoms with Crippen LogP contribution >= 0.6 is 0 Å². The molecule has 1 aliphatic rings. The average Bonchev–Trinajstić information content (AvgIpc) is 2.93. The molecule has 0 radical (unpaired) electrons. The first-order valence-electron chi connectivity index (χ1n) is 6.31. The Balaban J connectivity index is 1.62. The van der Waals surface area contributed by atoms with Crippen LogP contribution in [-0.2, 0) is 9.57 Å². The monoisotopic (exact) mass is 261 g/mol. The lowest BCUT2D eigenvalue weighted by molar-refractivity contribution is -0.0674. The highest BCUT2D eigenvalue weighted by atomic mass is 16.7. The molecule has 1 aliphatic heterocycles. The van der Waals surface area contributed by atoms with E-state index >= 15 is 0 Å². The van der Waals surface area contributed by atoms with Gasteiger partial charge >= 0.3 is 0 Å². The number of fused-ring (bicyclic) bond motifs is 1. The Bertz CT molecular complexity index is 575. The van der Waals surface area contributed by atoms with Gasteiger partial charge in [-0.05, 0) is 31.0 Å². The Kier molecular flexibility index (Phi) is 3.43. The van der Waals surface area contributed by atoms with Gasteiger partial charge in [-0.1, -0.05) is 0 Å². The largest absolute Gasteiger partial charge is 0.381 e. The van der Waals surface area contributed by atoms with Crippen molar-refractivity contribution >= 4 is 16.9 Å². The second-order valence-electron chi connectivity index (χ2n) is 4.47. The molecule has 0 spiro atoms. The van der Waals surface area contributed by atoms with Crippen molar-refractivity contribution in [2.45, 2.75) is 18.9 Å². The van der Waals surface area contributed by atoms with E-state index in [2.05, 4.69) is 15.4 Å². The van der Waals surface area contributed by atoms with Gasteiger partial charge in [0.1, 0.15) is 11.3 Å². The maximum absolute atomic E-state index is 11.9. The second kappa shape index (κ2) is 5.38. The van der Waals surface area contributed by atoms with Gasteiger partial charge in [0.05, 0.1) is 6.10 Å². The topological polar surface area (TPSA) is 76.2 Å². The smallest absolute Gasteiger partial charge is 0.293 e. The number of amides is 1. The van der Waals surface area contributed by atoms with E-state index in [1.165, 1.54) is 0 Å². The van der Waals surface area contributed by atoms with Crippen molar-refractivity contribution in [3.63, 3.8) is 0 Å². The zero-order chi connectivity index (χ0) is 13.1. The molecular weight excluding hydrogens is 246 g/mol. The van der Waals surface area contributed by atoms with Crippen LogP contribution < -0.4 is 5.48 Å². The average molecular weight is 261 g/mol. The van der Waals surface area contributed by atoms with E-state index in [1.807, 2.05) is 12.1 Å². The lowest BCUT2D eigenvalue weighted by Gasteiger charge is -2.21. The molecule has 0 aliphatic carbocycles. The van der Waals surface area contributed by atoms with Gasteiger partial charge in [-0.15, -0.1) is 0 Å². The van der Waals surface area contributed by atoms with Gasteiger partial charge in [0.15, 0.2) is 0 Å². The molecule has 2 aromatic heterocycles. The predicted octanol–water partition coefficient (Wildman–Crippen LogP) is 1.40. The van der Waals surface area contributed by atoms with Crippen LogP contribution in [0, 0.1) is 0 Å². The Morgan fingerprint density at radius 2 is 2.21 bits per heavy atom. The summed E-state index contributed by atoms with van der Waals surface area (Å²) in [4.78, 5) is 24.5. The minimum atomic E-state index is -0.331. The summed E-state index contributed by atoms with van der Waals surface area (Å²) in [5.74, 6) is -0.331. The summed E-state index contributed by atoms with van der Waals surface area (Å²) in [7, 11) is 0. The zero-order valence-electron chi connectivity index (χ0n) is 10.4. The summed E-state index contributed by atoms with van der Waals surface area (Å²) in [5.41, 5.74) is 3.48. The number of carbonyl (C=O) groups excluding carboxylic acids is 1. The summed E-state index contributed by atoms with van der Waals surface area (Å²) >= 11 is 0. The van der Waals surface area contributed by atoms with E-state index in [0.29, 0.717) is 24.6 Å². The lowest BCUT2D eigenvalue weighted by Crippen LogP contribution is -2.33. The molecule has 2 aromatic rings. The third-order valence-electron chi connectivity index (χ3n) is 3.13. The normalized spacial score (nSPS) is 16.6. The Morgan fingerprint density at radius 1 is 1.37 bits per heavy atom. The van der Waals surface area contributed by atoms with Crippen LogP contribution in [0.2, 0.25) is 0 Å². The van der Waals surface area contributed by atoms with E-state index in [-0.39, 0.29) is 12.0 Å². The highest BCUT2D eigenvalue weighted by Gasteiger charge is 2.16. The van der Waals surface area contributed by atoms with Crippen molar-refractivity contribution in [3.8, 4) is 0 Å². The molecule has 3 heterocycles. The molecule has 2 N–H and O–H groups in total. The molecule has 3 rings (SSSR count). The summed E-state index contributed by atoms with van der Waals surface area (Å²) in [6.45, 7) is 1.35. The minimum Gasteiger partial charge on any atom is -0.381 e. The van der Waals surface area contributed by atoms with Crippen LogP contribution in [0.25, 0.3) is 11.0 Å². The fourth-order valence-electron chi connectivity index (χ4n) is 2.04. The number of hydroxylamine groups is 1. The number of H-pyrrole nitrogens is 1. The number of ether oxygens (including phenoxy) is 1. The Labute approximate surface area is 110 Å². The van der Waals surface area contributed by atoms with E-state index in [9.17, 15) is 4.79 Å². The molecule has 1 fully saturated rings. The molecule has 0 aromatic carbocycles. The predicted molar refractivity (Wildman–Crippen MR) is 68.5 cm³/mol. The number of hydrogen-bond acceptors (Lipinski definition) is 4. The molecule has 100 valence electrons. The standard InChI is InChI=1S/C13H15N3O3/c17-13(16-19-10-4-7-18-8-5-10)11-2-1-9-3-6-14-12(9)15-11/h1-3,6,10H,4-5,7-8H2,(H,14,15)(H,16,17). The summed E-state index contributed by atoms with van der Waals surface area (Å²) < 4.78 is 5.22. The van der Waals surface area contributed by atoms with Crippen LogP contribution in [0.5, 0.6) is 0 Å². The highest BCUT2D eigenvalue weighted by molar-refractivity contribution is 5.93. The van der Waals surface area contributed by atoms with Gasteiger partial charge in [0.2, 0.25) is 0 Å². The number of aromatic amines is 1. The maximum Gasteiger partial charge on any atom is 0.293 e. The number of nitrogens with one attached hydrogen (secondary N) is 2. The van der Waals surface area contributed by atoms with Gasteiger partial charge < -0.3 is 9.72 Å². The fourth-order valence-corrected chi connectivity index (χ4v) is 2.04. The summed E-state index contributed by atoms with van der Waals surface area (Å²) in [6, 6.07) is 5.43. The third-order valence-corrected chi connectivity index (χ3v) is 3.13. The SMILES string of the molecule is O=C(NOC1CCOCC1)c1ccc2cc[nH]c2n1. The summed E-state index contributed by atoms with van der Waals surface area (Å²) in [6.07, 6.45) is 3.40. The number of carbonyl (C=O) groups is 1.